The number of carbonyl (C=O) groups excluding carboxylic acids is 2. The van der Waals surface area contributed by atoms with Gasteiger partial charge in [-0.2, -0.15) is 0 Å². The summed E-state index contributed by atoms with van der Waals surface area (Å²) in [6.45, 7) is 2.04. The number of benzene rings is 2. The van der Waals surface area contributed by atoms with Crippen LogP contribution < -0.4 is 10.1 Å². The van der Waals surface area contributed by atoms with E-state index < -0.39 is 11.9 Å². The molecule has 0 radical (unpaired) electrons. The van der Waals surface area contributed by atoms with Crippen molar-refractivity contribution in [3.8, 4) is 5.75 Å². The number of halogens is 1. The molecule has 0 aliphatic rings. The minimum absolute atomic E-state index is 0.0547. The summed E-state index contributed by atoms with van der Waals surface area (Å²) in [5.41, 5.74) is 1.88. The highest BCUT2D eigenvalue weighted by Gasteiger charge is 2.08. The highest BCUT2D eigenvalue weighted by atomic mass is 19.1. The summed E-state index contributed by atoms with van der Waals surface area (Å²) in [7, 11) is 0. The van der Waals surface area contributed by atoms with Crippen LogP contribution in [0, 0.1) is 12.7 Å². The Morgan fingerprint density at radius 3 is 2.40 bits per heavy atom. The molecule has 0 spiro atoms. The topological polar surface area (TPSA) is 64.6 Å². The van der Waals surface area contributed by atoms with Crippen molar-refractivity contribution in [3.63, 3.8) is 0 Å². The van der Waals surface area contributed by atoms with E-state index in [1.54, 1.807) is 12.1 Å². The lowest BCUT2D eigenvalue weighted by Gasteiger charge is -2.08. The first-order valence-electron chi connectivity index (χ1n) is 7.89. The SMILES string of the molecule is Cc1ccc(OCCC(=O)OCC(=O)NCc2ccc(F)cc2)cc1. The minimum Gasteiger partial charge on any atom is -0.493 e. The van der Waals surface area contributed by atoms with Gasteiger partial charge in [-0.3, -0.25) is 9.59 Å². The van der Waals surface area contributed by atoms with Crippen LogP contribution >= 0.6 is 0 Å². The minimum atomic E-state index is -0.510. The van der Waals surface area contributed by atoms with Gasteiger partial charge in [0.05, 0.1) is 13.0 Å². The molecule has 5 nitrogen and oxygen atoms in total. The number of esters is 1. The van der Waals surface area contributed by atoms with Crippen LogP contribution in [0.15, 0.2) is 48.5 Å². The highest BCUT2D eigenvalue weighted by molar-refractivity contribution is 5.80. The molecular weight excluding hydrogens is 325 g/mol. The van der Waals surface area contributed by atoms with Gasteiger partial charge in [0.1, 0.15) is 11.6 Å². The van der Waals surface area contributed by atoms with Crippen LogP contribution in [0.25, 0.3) is 0 Å². The van der Waals surface area contributed by atoms with E-state index in [-0.39, 0.29) is 32.0 Å². The standard InChI is InChI=1S/C19H20FNO4/c1-14-2-8-17(9-3-14)24-11-10-19(23)25-13-18(22)21-12-15-4-6-16(20)7-5-15/h2-9H,10-13H2,1H3,(H,21,22). The van der Waals surface area contributed by atoms with Gasteiger partial charge in [-0.25, -0.2) is 4.39 Å². The summed E-state index contributed by atoms with van der Waals surface area (Å²) in [4.78, 5) is 23.2. The van der Waals surface area contributed by atoms with Gasteiger partial charge in [0, 0.05) is 6.54 Å². The van der Waals surface area contributed by atoms with Crippen molar-refractivity contribution in [2.45, 2.75) is 19.9 Å². The van der Waals surface area contributed by atoms with Crippen LogP contribution in [-0.4, -0.2) is 25.1 Å². The van der Waals surface area contributed by atoms with Crippen LogP contribution in [0.2, 0.25) is 0 Å². The van der Waals surface area contributed by atoms with Gasteiger partial charge in [-0.1, -0.05) is 29.8 Å². The zero-order valence-corrected chi connectivity index (χ0v) is 14.0. The Labute approximate surface area is 145 Å². The Bertz CT molecular complexity index is 698. The lowest BCUT2D eigenvalue weighted by atomic mass is 10.2. The van der Waals surface area contributed by atoms with Crippen LogP contribution in [0.1, 0.15) is 17.5 Å². The van der Waals surface area contributed by atoms with Crippen molar-refractivity contribution in [3.05, 3.63) is 65.5 Å². The first-order chi connectivity index (χ1) is 12.0. The van der Waals surface area contributed by atoms with E-state index in [1.165, 1.54) is 12.1 Å². The molecule has 0 saturated carbocycles. The Kier molecular flexibility index (Phi) is 6.95. The molecule has 1 amide bonds. The monoisotopic (exact) mass is 345 g/mol. The lowest BCUT2D eigenvalue weighted by molar-refractivity contribution is -0.149. The first-order valence-corrected chi connectivity index (χ1v) is 7.89. The summed E-state index contributed by atoms with van der Waals surface area (Å²) < 4.78 is 23.1. The van der Waals surface area contributed by atoms with E-state index in [9.17, 15) is 14.0 Å². The summed E-state index contributed by atoms with van der Waals surface area (Å²) in [6.07, 6.45) is 0.0547. The molecule has 2 aromatic rings. The van der Waals surface area contributed by atoms with Crippen molar-refractivity contribution >= 4 is 11.9 Å². The fourth-order valence-electron chi connectivity index (χ4n) is 1.96. The zero-order chi connectivity index (χ0) is 18.1. The van der Waals surface area contributed by atoms with Crippen molar-refractivity contribution in [2.75, 3.05) is 13.2 Å². The lowest BCUT2D eigenvalue weighted by Crippen LogP contribution is -2.28. The molecule has 0 heterocycles. The second-order valence-electron chi connectivity index (χ2n) is 5.48. The van der Waals surface area contributed by atoms with E-state index in [1.807, 2.05) is 31.2 Å². The summed E-state index contributed by atoms with van der Waals surface area (Å²) in [5, 5.41) is 2.59. The number of hydrogen-bond acceptors (Lipinski definition) is 4. The molecule has 0 saturated heterocycles. The van der Waals surface area contributed by atoms with E-state index >= 15 is 0 Å². The second-order valence-corrected chi connectivity index (χ2v) is 5.48. The maximum Gasteiger partial charge on any atom is 0.309 e. The number of carbonyl (C=O) groups is 2. The maximum atomic E-state index is 12.8. The summed E-state index contributed by atoms with van der Waals surface area (Å²) in [5.74, 6) is -0.589. The number of amides is 1. The van der Waals surface area contributed by atoms with Gasteiger partial charge in [0.15, 0.2) is 6.61 Å². The number of nitrogens with one attached hydrogen (secondary N) is 1. The average Bonchev–Trinajstić information content (AvgIpc) is 2.61. The van der Waals surface area contributed by atoms with E-state index in [4.69, 9.17) is 9.47 Å². The van der Waals surface area contributed by atoms with Gasteiger partial charge >= 0.3 is 5.97 Å². The summed E-state index contributed by atoms with van der Waals surface area (Å²) in [6, 6.07) is 13.3. The smallest absolute Gasteiger partial charge is 0.309 e. The molecule has 0 aliphatic heterocycles. The second kappa shape index (κ2) is 9.42. The molecule has 0 aromatic heterocycles. The molecule has 25 heavy (non-hydrogen) atoms. The number of aryl methyl sites for hydroxylation is 1. The third-order valence-corrected chi connectivity index (χ3v) is 3.36. The molecule has 132 valence electrons. The predicted molar refractivity (Wildman–Crippen MR) is 90.5 cm³/mol. The van der Waals surface area contributed by atoms with Crippen LogP contribution in [-0.2, 0) is 20.9 Å². The van der Waals surface area contributed by atoms with Crippen molar-refractivity contribution < 1.29 is 23.5 Å². The number of hydrogen-bond donors (Lipinski definition) is 1. The Balaban J connectivity index is 1.59. The van der Waals surface area contributed by atoms with E-state index in [2.05, 4.69) is 5.32 Å². The van der Waals surface area contributed by atoms with Crippen LogP contribution in [0.4, 0.5) is 4.39 Å². The predicted octanol–water partition coefficient (Wildman–Crippen LogP) is 2.76. The van der Waals surface area contributed by atoms with Gasteiger partial charge in [0.25, 0.3) is 5.91 Å². The summed E-state index contributed by atoms with van der Waals surface area (Å²) >= 11 is 0. The molecular formula is C19H20FNO4. The Hall–Kier alpha value is -2.89. The van der Waals surface area contributed by atoms with Crippen LogP contribution in [0.3, 0.4) is 0 Å². The molecule has 0 bridgehead atoms. The molecule has 6 heteroatoms. The fourth-order valence-corrected chi connectivity index (χ4v) is 1.96. The molecule has 0 aliphatic carbocycles. The molecule has 0 fully saturated rings. The van der Waals surface area contributed by atoms with Crippen LogP contribution in [0.5, 0.6) is 5.75 Å². The van der Waals surface area contributed by atoms with Crippen molar-refractivity contribution in [2.24, 2.45) is 0 Å². The third kappa shape index (κ3) is 7.03. The Morgan fingerprint density at radius 1 is 1.04 bits per heavy atom. The van der Waals surface area contributed by atoms with Gasteiger partial charge in [0.2, 0.25) is 0 Å². The first kappa shape index (κ1) is 18.4. The maximum absolute atomic E-state index is 12.8. The average molecular weight is 345 g/mol. The number of rotatable bonds is 8. The largest absolute Gasteiger partial charge is 0.493 e. The molecule has 0 atom stereocenters. The molecule has 2 rings (SSSR count). The molecule has 1 N–H and O–H groups in total. The van der Waals surface area contributed by atoms with E-state index in [0.717, 1.165) is 11.1 Å². The van der Waals surface area contributed by atoms with Gasteiger partial charge in [-0.05, 0) is 36.8 Å². The van der Waals surface area contributed by atoms with Crippen molar-refractivity contribution in [1.82, 2.24) is 5.32 Å². The van der Waals surface area contributed by atoms with Crippen molar-refractivity contribution in [1.29, 1.82) is 0 Å². The van der Waals surface area contributed by atoms with E-state index in [0.29, 0.717) is 5.75 Å². The number of ether oxygens (including phenoxy) is 2. The molecule has 0 unspecified atom stereocenters. The molecule has 2 aromatic carbocycles. The highest BCUT2D eigenvalue weighted by Crippen LogP contribution is 2.11. The third-order valence-electron chi connectivity index (χ3n) is 3.36. The normalized spacial score (nSPS) is 10.2. The van der Waals surface area contributed by atoms with Gasteiger partial charge < -0.3 is 14.8 Å². The zero-order valence-electron chi connectivity index (χ0n) is 14.0. The fraction of sp³-hybridized carbons (Fsp3) is 0.263. The van der Waals surface area contributed by atoms with Gasteiger partial charge in [-0.15, -0.1) is 0 Å². The Morgan fingerprint density at radius 2 is 1.72 bits per heavy atom. The quantitative estimate of drug-likeness (QED) is 0.747.